The Morgan fingerprint density at radius 2 is 1.56 bits per heavy atom. The summed E-state index contributed by atoms with van der Waals surface area (Å²) < 4.78 is 79.2. The van der Waals surface area contributed by atoms with Crippen LogP contribution in [0.2, 0.25) is 0 Å². The number of nitriles is 1. The number of aliphatic hydroxyl groups excluding tert-OH is 1. The first-order chi connectivity index (χ1) is 32.6. The zero-order chi connectivity index (χ0) is 48.3. The number of benzene rings is 5. The van der Waals surface area contributed by atoms with Crippen molar-refractivity contribution >= 4 is 98.4 Å². The number of thiazole rings is 1. The largest absolute Gasteiger partial charge is 0.493 e. The average Bonchev–Trinajstić information content (AvgIpc) is 3.90. The van der Waals surface area contributed by atoms with Crippen LogP contribution < -0.4 is 9.47 Å². The number of fused-ring (bicyclic) bond motifs is 4. The number of ether oxygens (including phenoxy) is 2. The molecular weight excluding hydrogens is 941 g/mol. The molecule has 0 radical (unpaired) electrons. The summed E-state index contributed by atoms with van der Waals surface area (Å²) in [5.74, 6) is -0.877. The molecule has 0 aliphatic rings. The summed E-state index contributed by atoms with van der Waals surface area (Å²) >= 11 is 0.865. The van der Waals surface area contributed by atoms with Gasteiger partial charge in [0.1, 0.15) is 45.1 Å². The number of hydrogen-bond donors (Lipinski definition) is 4. The Morgan fingerprint density at radius 1 is 0.838 bits per heavy atom. The highest BCUT2D eigenvalue weighted by Crippen LogP contribution is 2.47. The second kappa shape index (κ2) is 19.1. The number of carbonyl (C=O) groups excluding carboxylic acids is 1. The molecular formula is C44H34N10O11S3. The van der Waals surface area contributed by atoms with Crippen LogP contribution in [0.25, 0.3) is 38.7 Å². The summed E-state index contributed by atoms with van der Waals surface area (Å²) in [5, 5.41) is 59.4. The highest BCUT2D eigenvalue weighted by molar-refractivity contribution is 7.86. The maximum atomic E-state index is 12.2. The number of aromatic nitrogens is 3. The third-order valence-corrected chi connectivity index (χ3v) is 12.8. The lowest BCUT2D eigenvalue weighted by molar-refractivity contribution is -0.120. The van der Waals surface area contributed by atoms with E-state index in [2.05, 4.69) is 41.7 Å². The van der Waals surface area contributed by atoms with Gasteiger partial charge in [0.15, 0.2) is 16.3 Å². The van der Waals surface area contributed by atoms with Crippen LogP contribution in [0.5, 0.6) is 17.4 Å². The molecule has 8 aromatic rings. The maximum Gasteiger partial charge on any atom is 0.298 e. The molecule has 5 aromatic carbocycles. The molecule has 0 unspecified atom stereocenters. The normalized spacial score (nSPS) is 12.3. The van der Waals surface area contributed by atoms with Crippen LogP contribution in [-0.2, 0) is 31.6 Å². The Kier molecular flexibility index (Phi) is 13.1. The molecule has 68 heavy (non-hydrogen) atoms. The van der Waals surface area contributed by atoms with Crippen molar-refractivity contribution in [1.29, 1.82) is 5.26 Å². The molecule has 0 fully saturated rings. The van der Waals surface area contributed by atoms with E-state index in [9.17, 15) is 46.2 Å². The zero-order valence-electron chi connectivity index (χ0n) is 35.4. The summed E-state index contributed by atoms with van der Waals surface area (Å²) in [5.41, 5.74) is 2.79. The Morgan fingerprint density at radius 3 is 2.31 bits per heavy atom. The summed E-state index contributed by atoms with van der Waals surface area (Å²) in [6.07, 6.45) is -0.118. The summed E-state index contributed by atoms with van der Waals surface area (Å²) in [6, 6.07) is 26.0. The number of azo groups is 3. The molecule has 0 saturated heterocycles. The molecule has 344 valence electrons. The van der Waals surface area contributed by atoms with Gasteiger partial charge in [-0.05, 0) is 73.0 Å². The molecule has 8 rings (SSSR count). The number of aromatic hydroxyl groups is 1. The van der Waals surface area contributed by atoms with Crippen LogP contribution in [0.4, 0.5) is 32.9 Å². The second-order valence-corrected chi connectivity index (χ2v) is 18.6. The smallest absolute Gasteiger partial charge is 0.298 e. The second-order valence-electron chi connectivity index (χ2n) is 14.7. The molecule has 3 heterocycles. The minimum Gasteiger partial charge on any atom is -0.493 e. The number of pyridine rings is 1. The third kappa shape index (κ3) is 9.51. The van der Waals surface area contributed by atoms with Gasteiger partial charge < -0.3 is 19.7 Å². The molecule has 3 aromatic heterocycles. The van der Waals surface area contributed by atoms with Gasteiger partial charge in [-0.25, -0.2) is 9.97 Å². The highest BCUT2D eigenvalue weighted by atomic mass is 32.2. The Balaban J connectivity index is 1.24. The topological polar surface area (TPSA) is 313 Å². The molecule has 0 aliphatic heterocycles. The molecule has 4 N–H and O–H groups in total. The van der Waals surface area contributed by atoms with Crippen LogP contribution >= 0.6 is 11.3 Å². The first-order valence-corrected chi connectivity index (χ1v) is 23.8. The SMILES string of the molecule is Cc1cc(N=Nc2c(C)c(C#N)c3nc4ccccc4n3c2O)c(OCCCS(=O)(=O)O)cc1N=Nc1nc(-c2c(CO)c(OC=O)cc3ccccc23)c(N=Nc2ccccc2S(=O)(=O)O)s1. The lowest BCUT2D eigenvalue weighted by Gasteiger charge is -2.14. The molecule has 0 bridgehead atoms. The first kappa shape index (κ1) is 46.6. The number of rotatable bonds is 16. The number of para-hydroxylation sites is 2. The van der Waals surface area contributed by atoms with E-state index in [1.54, 1.807) is 68.4 Å². The number of aryl methyl sites for hydroxylation is 1. The predicted molar refractivity (Wildman–Crippen MR) is 248 cm³/mol. The lowest BCUT2D eigenvalue weighted by Crippen LogP contribution is -2.08. The number of hydrogen-bond acceptors (Lipinski definition) is 19. The minimum atomic E-state index is -4.72. The molecule has 0 aliphatic carbocycles. The molecule has 0 amide bonds. The summed E-state index contributed by atoms with van der Waals surface area (Å²) in [4.78, 5) is 20.3. The van der Waals surface area contributed by atoms with Crippen molar-refractivity contribution in [2.75, 3.05) is 12.4 Å². The van der Waals surface area contributed by atoms with Crippen LogP contribution in [-0.4, -0.2) is 69.4 Å². The van der Waals surface area contributed by atoms with E-state index in [0.29, 0.717) is 32.9 Å². The Labute approximate surface area is 389 Å². The van der Waals surface area contributed by atoms with Gasteiger partial charge in [0, 0.05) is 22.8 Å². The van der Waals surface area contributed by atoms with Crippen LogP contribution in [0, 0.1) is 25.2 Å². The quantitative estimate of drug-likeness (QED) is 0.0303. The van der Waals surface area contributed by atoms with E-state index in [0.717, 1.165) is 17.4 Å². The van der Waals surface area contributed by atoms with Gasteiger partial charge in [-0.15, -0.1) is 30.7 Å². The molecule has 0 spiro atoms. The summed E-state index contributed by atoms with van der Waals surface area (Å²) in [6.45, 7) is 2.64. The van der Waals surface area contributed by atoms with Crippen LogP contribution in [0.15, 0.2) is 127 Å². The van der Waals surface area contributed by atoms with E-state index in [4.69, 9.17) is 14.5 Å². The molecule has 24 heteroatoms. The lowest BCUT2D eigenvalue weighted by atomic mass is 9.96. The third-order valence-electron chi connectivity index (χ3n) is 10.3. The minimum absolute atomic E-state index is 0.0212. The zero-order valence-corrected chi connectivity index (χ0v) is 37.9. The van der Waals surface area contributed by atoms with Crippen LogP contribution in [0.1, 0.15) is 28.7 Å². The Hall–Kier alpha value is -7.92. The summed E-state index contributed by atoms with van der Waals surface area (Å²) in [7, 11) is -9.04. The van der Waals surface area contributed by atoms with Crippen molar-refractivity contribution in [2.45, 2.75) is 31.8 Å². The number of aliphatic hydroxyl groups is 1. The van der Waals surface area contributed by atoms with Crippen molar-refractivity contribution in [3.63, 3.8) is 0 Å². The van der Waals surface area contributed by atoms with Gasteiger partial charge in [0.2, 0.25) is 11.0 Å². The monoisotopic (exact) mass is 974 g/mol. The standard InChI is InChI=1S/C44H34N10O11S3/c1-24-18-33(50-51-39-25(2)28(21-45)41-46-30-12-5-7-14-34(30)54(41)43(39)57)36(64-16-9-17-67(58,59)60)20-32(24)49-53-44-47-40(42(66-44)52-48-31-13-6-8-15-37(31)68(61,62)63)38-27-11-4-3-10-26(27)19-35(65-23-56)29(38)22-55/h3-8,10-15,18-20,23,55,57H,9,16-17,22H2,1-2H3,(H,58,59,60)(H,61,62,63). The fraction of sp³-hybridized carbons (Fsp3) is 0.136. The van der Waals surface area contributed by atoms with Crippen molar-refractivity contribution in [2.24, 2.45) is 30.7 Å². The molecule has 0 atom stereocenters. The fourth-order valence-electron chi connectivity index (χ4n) is 7.19. The van der Waals surface area contributed by atoms with E-state index in [-0.39, 0.29) is 97.8 Å². The fourth-order valence-corrected chi connectivity index (χ4v) is 9.01. The number of nitrogens with zero attached hydrogens (tertiary/aromatic N) is 10. The maximum absolute atomic E-state index is 12.2. The first-order valence-electron chi connectivity index (χ1n) is 19.9. The van der Waals surface area contributed by atoms with E-state index >= 15 is 0 Å². The van der Waals surface area contributed by atoms with Crippen molar-refractivity contribution in [1.82, 2.24) is 14.4 Å². The van der Waals surface area contributed by atoms with Gasteiger partial charge in [-0.3, -0.25) is 18.3 Å². The highest BCUT2D eigenvalue weighted by Gasteiger charge is 2.25. The van der Waals surface area contributed by atoms with E-state index in [1.165, 1.54) is 34.7 Å². The van der Waals surface area contributed by atoms with Gasteiger partial charge in [0.05, 0.1) is 35.7 Å². The van der Waals surface area contributed by atoms with E-state index < -0.39 is 37.5 Å². The Bertz CT molecular complexity index is 3700. The van der Waals surface area contributed by atoms with Crippen molar-refractivity contribution < 1.29 is 50.4 Å². The van der Waals surface area contributed by atoms with Crippen molar-refractivity contribution in [3.05, 3.63) is 113 Å². The van der Waals surface area contributed by atoms with E-state index in [1.807, 2.05) is 0 Å². The van der Waals surface area contributed by atoms with Gasteiger partial charge in [-0.2, -0.15) is 22.1 Å². The molecule has 21 nitrogen and oxygen atoms in total. The predicted octanol–water partition coefficient (Wildman–Crippen LogP) is 10.1. The van der Waals surface area contributed by atoms with Gasteiger partial charge in [-0.1, -0.05) is 59.9 Å². The van der Waals surface area contributed by atoms with Gasteiger partial charge >= 0.3 is 0 Å². The molecule has 0 saturated carbocycles. The van der Waals surface area contributed by atoms with Crippen molar-refractivity contribution in [3.8, 4) is 34.7 Å². The van der Waals surface area contributed by atoms with Gasteiger partial charge in [0.25, 0.3) is 26.7 Å². The van der Waals surface area contributed by atoms with Crippen LogP contribution in [0.3, 0.4) is 0 Å². The number of imidazole rings is 1. The average molecular weight is 975 g/mol. The number of carbonyl (C=O) groups is 1.